The molecule has 0 aliphatic carbocycles. The van der Waals surface area contributed by atoms with Crippen LogP contribution in [0.4, 0.5) is 0 Å². The van der Waals surface area contributed by atoms with Crippen LogP contribution in [0.3, 0.4) is 0 Å². The van der Waals surface area contributed by atoms with Crippen LogP contribution in [0.2, 0.25) is 0 Å². The van der Waals surface area contributed by atoms with Crippen molar-refractivity contribution in [1.29, 1.82) is 0 Å². The summed E-state index contributed by atoms with van der Waals surface area (Å²) in [6, 6.07) is 0. The number of hydrogen-bond donors (Lipinski definition) is 0. The van der Waals surface area contributed by atoms with E-state index in [-0.39, 0.29) is 15.7 Å². The first-order chi connectivity index (χ1) is 5.13. The Morgan fingerprint density at radius 1 is 1.25 bits per heavy atom. The molecule has 0 spiro atoms. The van der Waals surface area contributed by atoms with Crippen LogP contribution in [0.25, 0.3) is 0 Å². The van der Waals surface area contributed by atoms with Crippen LogP contribution in [-0.4, -0.2) is 41.4 Å². The third kappa shape index (κ3) is 0.934. The fraction of sp³-hybridized carbons (Fsp3) is 1.00. The molecule has 1 aliphatic heterocycles. The van der Waals surface area contributed by atoms with Gasteiger partial charge in [0.2, 0.25) is 0 Å². The summed E-state index contributed by atoms with van der Waals surface area (Å²) in [5.41, 5.74) is -0.259. The van der Waals surface area contributed by atoms with Gasteiger partial charge in [-0.2, -0.15) is 0 Å². The summed E-state index contributed by atoms with van der Waals surface area (Å²) in [7, 11) is 3.77. The maximum Gasteiger partial charge on any atom is 0.135 e. The van der Waals surface area contributed by atoms with E-state index in [1.54, 1.807) is 7.05 Å². The minimum atomic E-state index is -0.234. The van der Waals surface area contributed by atoms with Gasteiger partial charge in [0.1, 0.15) is 12.2 Å². The zero-order valence-electron chi connectivity index (χ0n) is 9.01. The molecule has 0 radical (unpaired) electrons. The summed E-state index contributed by atoms with van der Waals surface area (Å²) in [6.07, 6.45) is 0. The topological polar surface area (TPSA) is 26.3 Å². The molecule has 1 heterocycles. The minimum Gasteiger partial charge on any atom is -0.632 e. The number of quaternary nitrogens is 1. The maximum atomic E-state index is 12.1. The molecule has 0 amide bonds. The predicted molar refractivity (Wildman–Crippen MR) is 50.3 cm³/mol. The van der Waals surface area contributed by atoms with Gasteiger partial charge in [0, 0.05) is 0 Å². The lowest BCUT2D eigenvalue weighted by Crippen LogP contribution is -2.58. The number of hydrogen-bond acceptors (Lipinski definition) is 2. The summed E-state index contributed by atoms with van der Waals surface area (Å²) in [5.74, 6) is 0. The van der Waals surface area contributed by atoms with Crippen molar-refractivity contribution in [2.45, 2.75) is 38.8 Å². The molecule has 72 valence electrons. The Labute approximate surface area is 75.1 Å². The highest BCUT2D eigenvalue weighted by molar-refractivity contribution is 4.99. The largest absolute Gasteiger partial charge is 0.632 e. The first kappa shape index (κ1) is 9.96. The molecule has 12 heavy (non-hydrogen) atoms. The molecule has 1 atom stereocenters. The Hall–Kier alpha value is -0.120. The van der Waals surface area contributed by atoms with E-state index in [0.717, 1.165) is 0 Å². The molecular formula is C9H20N2O. The zero-order chi connectivity index (χ0) is 9.78. The maximum absolute atomic E-state index is 12.1. The highest BCUT2D eigenvalue weighted by atomic mass is 16.6. The van der Waals surface area contributed by atoms with Crippen LogP contribution in [0.5, 0.6) is 0 Å². The number of nitrogens with zero attached hydrogens (tertiary/aromatic N) is 2. The smallest absolute Gasteiger partial charge is 0.135 e. The summed E-state index contributed by atoms with van der Waals surface area (Å²) in [4.78, 5) is 2.14. The van der Waals surface area contributed by atoms with Crippen molar-refractivity contribution in [3.8, 4) is 0 Å². The van der Waals surface area contributed by atoms with E-state index in [4.69, 9.17) is 0 Å². The second-order valence-electron chi connectivity index (χ2n) is 5.06. The van der Waals surface area contributed by atoms with Crippen LogP contribution in [0.1, 0.15) is 27.7 Å². The van der Waals surface area contributed by atoms with Gasteiger partial charge < -0.3 is 9.85 Å². The standard InChI is InChI=1S/C9H20N2O/c1-8(2)9(3,4)11(6,12)7-10(8)5/h7H2,1-6H3. The molecule has 0 saturated carbocycles. The van der Waals surface area contributed by atoms with Gasteiger partial charge in [0.05, 0.1) is 12.6 Å². The molecule has 1 unspecified atom stereocenters. The molecule has 1 rings (SSSR count). The van der Waals surface area contributed by atoms with Crippen molar-refractivity contribution in [3.63, 3.8) is 0 Å². The molecule has 1 fully saturated rings. The lowest BCUT2D eigenvalue weighted by atomic mass is 9.82. The fourth-order valence-corrected chi connectivity index (χ4v) is 1.80. The van der Waals surface area contributed by atoms with Gasteiger partial charge in [0.25, 0.3) is 0 Å². The zero-order valence-corrected chi connectivity index (χ0v) is 9.01. The normalized spacial score (nSPS) is 40.2. The lowest BCUT2D eigenvalue weighted by Gasteiger charge is -2.49. The van der Waals surface area contributed by atoms with Gasteiger partial charge >= 0.3 is 0 Å². The highest BCUT2D eigenvalue weighted by Gasteiger charge is 2.56. The molecular weight excluding hydrogens is 152 g/mol. The van der Waals surface area contributed by atoms with Crippen LogP contribution in [-0.2, 0) is 0 Å². The fourth-order valence-electron chi connectivity index (χ4n) is 1.80. The van der Waals surface area contributed by atoms with Crippen molar-refractivity contribution >= 4 is 0 Å². The second kappa shape index (κ2) is 2.22. The predicted octanol–water partition coefficient (Wildman–Crippen LogP) is 1.39. The molecule has 3 heteroatoms. The monoisotopic (exact) mass is 172 g/mol. The summed E-state index contributed by atoms with van der Waals surface area (Å²) < 4.78 is -0.170. The Morgan fingerprint density at radius 2 is 1.67 bits per heavy atom. The Morgan fingerprint density at radius 3 is 1.75 bits per heavy atom. The second-order valence-corrected chi connectivity index (χ2v) is 5.06. The van der Waals surface area contributed by atoms with E-state index in [9.17, 15) is 5.21 Å². The van der Waals surface area contributed by atoms with E-state index < -0.39 is 0 Å². The molecule has 0 aromatic rings. The number of likely N-dealkylation sites (N-methyl/N-ethyl adjacent to an activating group) is 2. The molecule has 0 aromatic heterocycles. The Bertz CT molecular complexity index is 197. The van der Waals surface area contributed by atoms with E-state index in [1.807, 2.05) is 20.9 Å². The van der Waals surface area contributed by atoms with Gasteiger partial charge in [-0.15, -0.1) is 0 Å². The third-order valence-electron chi connectivity index (χ3n) is 4.12. The van der Waals surface area contributed by atoms with Gasteiger partial charge in [-0.3, -0.25) is 0 Å². The van der Waals surface area contributed by atoms with E-state index in [2.05, 4.69) is 18.7 Å². The number of rotatable bonds is 0. The van der Waals surface area contributed by atoms with E-state index >= 15 is 0 Å². The molecule has 0 N–H and O–H groups in total. The summed E-state index contributed by atoms with van der Waals surface area (Å²) in [6.45, 7) is 8.94. The van der Waals surface area contributed by atoms with E-state index in [1.165, 1.54) is 0 Å². The van der Waals surface area contributed by atoms with Crippen molar-refractivity contribution in [3.05, 3.63) is 5.21 Å². The van der Waals surface area contributed by atoms with Crippen LogP contribution in [0.15, 0.2) is 0 Å². The molecule has 1 saturated heterocycles. The van der Waals surface area contributed by atoms with Crippen molar-refractivity contribution in [1.82, 2.24) is 4.90 Å². The van der Waals surface area contributed by atoms with Gasteiger partial charge in [-0.25, -0.2) is 4.90 Å². The first-order valence-corrected chi connectivity index (χ1v) is 4.41. The SMILES string of the molecule is CN1C[N+](C)([O-])C(C)(C)C1(C)C. The van der Waals surface area contributed by atoms with Gasteiger partial charge in [-0.05, 0) is 34.7 Å². The minimum absolute atomic E-state index is 0.0243. The average molecular weight is 172 g/mol. The van der Waals surface area contributed by atoms with Crippen LogP contribution >= 0.6 is 0 Å². The molecule has 0 aromatic carbocycles. The highest BCUT2D eigenvalue weighted by Crippen LogP contribution is 2.42. The Kier molecular flexibility index (Phi) is 1.84. The quantitative estimate of drug-likeness (QED) is 0.408. The molecule has 0 bridgehead atoms. The van der Waals surface area contributed by atoms with Crippen molar-refractivity contribution in [2.24, 2.45) is 0 Å². The van der Waals surface area contributed by atoms with Gasteiger partial charge in [0.15, 0.2) is 0 Å². The van der Waals surface area contributed by atoms with Crippen LogP contribution < -0.4 is 0 Å². The average Bonchev–Trinajstić information content (AvgIpc) is 1.92. The number of hydroxylamine groups is 3. The van der Waals surface area contributed by atoms with E-state index in [0.29, 0.717) is 6.67 Å². The summed E-state index contributed by atoms with van der Waals surface area (Å²) >= 11 is 0. The van der Waals surface area contributed by atoms with Crippen LogP contribution in [0, 0.1) is 5.21 Å². The Balaban J connectivity index is 3.10. The first-order valence-electron chi connectivity index (χ1n) is 4.41. The molecule has 3 nitrogen and oxygen atoms in total. The summed E-state index contributed by atoms with van der Waals surface area (Å²) in [5, 5.41) is 12.1. The van der Waals surface area contributed by atoms with Crippen molar-refractivity contribution < 1.29 is 4.65 Å². The third-order valence-corrected chi connectivity index (χ3v) is 4.12. The molecule has 1 aliphatic rings. The van der Waals surface area contributed by atoms with Crippen molar-refractivity contribution in [2.75, 3.05) is 20.8 Å². The lowest BCUT2D eigenvalue weighted by molar-refractivity contribution is -0.901. The van der Waals surface area contributed by atoms with Gasteiger partial charge in [-0.1, -0.05) is 0 Å².